The van der Waals surface area contributed by atoms with Crippen LogP contribution in [-0.4, -0.2) is 11.6 Å². The number of aromatic nitrogens is 1. The highest BCUT2D eigenvalue weighted by Gasteiger charge is 2.46. The van der Waals surface area contributed by atoms with E-state index in [1.807, 2.05) is 31.3 Å². The van der Waals surface area contributed by atoms with E-state index in [2.05, 4.69) is 4.98 Å². The first-order valence-electron chi connectivity index (χ1n) is 4.43. The quantitative estimate of drug-likeness (QED) is 0.680. The van der Waals surface area contributed by atoms with Crippen molar-refractivity contribution in [3.8, 4) is 0 Å². The fraction of sp³-hybridized carbons (Fsp3) is 0.500. The zero-order chi connectivity index (χ0) is 8.44. The summed E-state index contributed by atoms with van der Waals surface area (Å²) in [5.41, 5.74) is 1.07. The topological polar surface area (TPSA) is 22.1 Å². The maximum absolute atomic E-state index is 5.66. The lowest BCUT2D eigenvalue weighted by Crippen LogP contribution is -2.13. The Kier molecular flexibility index (Phi) is 1.85. The average Bonchev–Trinajstić information content (AvgIpc) is 2.88. The summed E-state index contributed by atoms with van der Waals surface area (Å²) >= 11 is 0. The molecule has 0 unspecified atom stereocenters. The van der Waals surface area contributed by atoms with E-state index in [0.29, 0.717) is 0 Å². The van der Waals surface area contributed by atoms with Gasteiger partial charge < -0.3 is 4.74 Å². The van der Waals surface area contributed by atoms with Crippen molar-refractivity contribution in [2.45, 2.75) is 25.4 Å². The minimum Gasteiger partial charge on any atom is -0.369 e. The van der Waals surface area contributed by atoms with Crippen LogP contribution in [0.15, 0.2) is 24.4 Å². The molecule has 2 heteroatoms. The van der Waals surface area contributed by atoms with Crippen molar-refractivity contribution in [3.05, 3.63) is 30.1 Å². The molecule has 64 valence electrons. The van der Waals surface area contributed by atoms with Gasteiger partial charge in [0.25, 0.3) is 0 Å². The SMILES string of the molecule is CCOC1(c2ccccn2)CC1. The van der Waals surface area contributed by atoms with E-state index in [-0.39, 0.29) is 5.60 Å². The van der Waals surface area contributed by atoms with Crippen molar-refractivity contribution < 1.29 is 4.74 Å². The van der Waals surface area contributed by atoms with Crippen LogP contribution in [0.4, 0.5) is 0 Å². The number of pyridine rings is 1. The molecular weight excluding hydrogens is 150 g/mol. The molecular formula is C10H13NO. The van der Waals surface area contributed by atoms with Gasteiger partial charge in [0.2, 0.25) is 0 Å². The lowest BCUT2D eigenvalue weighted by Gasteiger charge is -2.13. The fourth-order valence-electron chi connectivity index (χ4n) is 1.50. The van der Waals surface area contributed by atoms with Crippen LogP contribution in [0.25, 0.3) is 0 Å². The largest absolute Gasteiger partial charge is 0.369 e. The lowest BCUT2D eigenvalue weighted by molar-refractivity contribution is 0.0364. The average molecular weight is 163 g/mol. The van der Waals surface area contributed by atoms with E-state index in [1.165, 1.54) is 0 Å². The summed E-state index contributed by atoms with van der Waals surface area (Å²) in [6, 6.07) is 6.00. The Morgan fingerprint density at radius 1 is 1.50 bits per heavy atom. The highest BCUT2D eigenvalue weighted by atomic mass is 16.5. The molecule has 0 amide bonds. The number of nitrogens with zero attached hydrogens (tertiary/aromatic N) is 1. The highest BCUT2D eigenvalue weighted by molar-refractivity contribution is 5.19. The van der Waals surface area contributed by atoms with Crippen LogP contribution < -0.4 is 0 Å². The lowest BCUT2D eigenvalue weighted by atomic mass is 10.2. The Bertz CT molecular complexity index is 254. The third kappa shape index (κ3) is 1.23. The van der Waals surface area contributed by atoms with Gasteiger partial charge in [-0.2, -0.15) is 0 Å². The van der Waals surface area contributed by atoms with E-state index in [1.54, 1.807) is 0 Å². The molecule has 1 aliphatic carbocycles. The van der Waals surface area contributed by atoms with Gasteiger partial charge in [-0.15, -0.1) is 0 Å². The number of hydrogen-bond acceptors (Lipinski definition) is 2. The Hall–Kier alpha value is -0.890. The van der Waals surface area contributed by atoms with Crippen molar-refractivity contribution in [1.82, 2.24) is 4.98 Å². The Labute approximate surface area is 72.6 Å². The molecule has 0 radical (unpaired) electrons. The summed E-state index contributed by atoms with van der Waals surface area (Å²) in [5, 5.41) is 0. The molecule has 1 aliphatic rings. The molecule has 12 heavy (non-hydrogen) atoms. The minimum atomic E-state index is -0.0178. The van der Waals surface area contributed by atoms with Gasteiger partial charge in [-0.25, -0.2) is 0 Å². The van der Waals surface area contributed by atoms with Crippen LogP contribution in [0.5, 0.6) is 0 Å². The van der Waals surface area contributed by atoms with Crippen LogP contribution in [0.3, 0.4) is 0 Å². The molecule has 1 saturated carbocycles. The molecule has 0 saturated heterocycles. The van der Waals surface area contributed by atoms with Crippen molar-refractivity contribution in [2.24, 2.45) is 0 Å². The Morgan fingerprint density at radius 2 is 2.33 bits per heavy atom. The molecule has 1 fully saturated rings. The van der Waals surface area contributed by atoms with Crippen LogP contribution in [0, 0.1) is 0 Å². The van der Waals surface area contributed by atoms with Gasteiger partial charge in [-0.3, -0.25) is 4.98 Å². The first kappa shape index (κ1) is 7.74. The van der Waals surface area contributed by atoms with E-state index in [9.17, 15) is 0 Å². The second kappa shape index (κ2) is 2.87. The van der Waals surface area contributed by atoms with E-state index in [0.717, 1.165) is 25.1 Å². The zero-order valence-corrected chi connectivity index (χ0v) is 7.29. The van der Waals surface area contributed by atoms with Crippen molar-refractivity contribution in [3.63, 3.8) is 0 Å². The summed E-state index contributed by atoms with van der Waals surface area (Å²) in [6.07, 6.45) is 4.07. The normalized spacial score (nSPS) is 19.1. The molecule has 0 aromatic carbocycles. The smallest absolute Gasteiger partial charge is 0.110 e. The summed E-state index contributed by atoms with van der Waals surface area (Å²) in [5.74, 6) is 0. The zero-order valence-electron chi connectivity index (χ0n) is 7.29. The standard InChI is InChI=1S/C10H13NO/c1-2-12-10(6-7-10)9-5-3-4-8-11-9/h3-5,8H,2,6-7H2,1H3. The monoisotopic (exact) mass is 163 g/mol. The highest BCUT2D eigenvalue weighted by Crippen LogP contribution is 2.48. The third-order valence-corrected chi connectivity index (χ3v) is 2.26. The molecule has 1 heterocycles. The molecule has 1 aromatic rings. The van der Waals surface area contributed by atoms with Gasteiger partial charge in [-0.05, 0) is 31.9 Å². The van der Waals surface area contributed by atoms with E-state index in [4.69, 9.17) is 4.74 Å². The molecule has 0 aliphatic heterocycles. The molecule has 0 bridgehead atoms. The van der Waals surface area contributed by atoms with Gasteiger partial charge in [-0.1, -0.05) is 6.07 Å². The summed E-state index contributed by atoms with van der Waals surface area (Å²) in [6.45, 7) is 2.81. The van der Waals surface area contributed by atoms with Crippen molar-refractivity contribution in [2.75, 3.05) is 6.61 Å². The predicted molar refractivity (Wildman–Crippen MR) is 46.8 cm³/mol. The first-order valence-corrected chi connectivity index (χ1v) is 4.43. The van der Waals surface area contributed by atoms with Gasteiger partial charge in [0.1, 0.15) is 5.60 Å². The Morgan fingerprint density at radius 3 is 2.83 bits per heavy atom. The third-order valence-electron chi connectivity index (χ3n) is 2.26. The molecule has 0 N–H and O–H groups in total. The molecule has 2 nitrogen and oxygen atoms in total. The predicted octanol–water partition coefficient (Wildman–Crippen LogP) is 2.11. The summed E-state index contributed by atoms with van der Waals surface area (Å²) in [7, 11) is 0. The van der Waals surface area contributed by atoms with Crippen LogP contribution in [0.2, 0.25) is 0 Å². The Balaban J connectivity index is 2.19. The van der Waals surface area contributed by atoms with Gasteiger partial charge in [0.05, 0.1) is 5.69 Å². The summed E-state index contributed by atoms with van der Waals surface area (Å²) in [4.78, 5) is 4.31. The maximum atomic E-state index is 5.66. The number of hydrogen-bond donors (Lipinski definition) is 0. The molecule has 1 aromatic heterocycles. The van der Waals surface area contributed by atoms with Crippen molar-refractivity contribution >= 4 is 0 Å². The van der Waals surface area contributed by atoms with E-state index < -0.39 is 0 Å². The van der Waals surface area contributed by atoms with Crippen LogP contribution >= 0.6 is 0 Å². The second-order valence-electron chi connectivity index (χ2n) is 3.14. The maximum Gasteiger partial charge on any atom is 0.110 e. The van der Waals surface area contributed by atoms with Gasteiger partial charge in [0.15, 0.2) is 0 Å². The van der Waals surface area contributed by atoms with Crippen LogP contribution in [-0.2, 0) is 10.3 Å². The summed E-state index contributed by atoms with van der Waals surface area (Å²) < 4.78 is 5.66. The molecule has 2 rings (SSSR count). The van der Waals surface area contributed by atoms with Crippen LogP contribution in [0.1, 0.15) is 25.5 Å². The molecule has 0 spiro atoms. The number of rotatable bonds is 3. The minimum absolute atomic E-state index is 0.0178. The van der Waals surface area contributed by atoms with E-state index >= 15 is 0 Å². The van der Waals surface area contributed by atoms with Crippen molar-refractivity contribution in [1.29, 1.82) is 0 Å². The first-order chi connectivity index (χ1) is 5.87. The van der Waals surface area contributed by atoms with Gasteiger partial charge >= 0.3 is 0 Å². The molecule has 0 atom stereocenters. The fourth-order valence-corrected chi connectivity index (χ4v) is 1.50. The number of ether oxygens (including phenoxy) is 1. The van der Waals surface area contributed by atoms with Gasteiger partial charge in [0, 0.05) is 12.8 Å². The second-order valence-corrected chi connectivity index (χ2v) is 3.14.